The lowest BCUT2D eigenvalue weighted by atomic mass is 9.87. The van der Waals surface area contributed by atoms with Crippen molar-refractivity contribution in [1.29, 1.82) is 0 Å². The minimum absolute atomic E-state index is 0.444. The fraction of sp³-hybridized carbons (Fsp3) is 1.00. The van der Waals surface area contributed by atoms with Crippen LogP contribution in [0.1, 0.15) is 154 Å². The number of epoxide rings is 8. The van der Waals surface area contributed by atoms with Crippen molar-refractivity contribution in [2.75, 3.05) is 85.9 Å². The Balaban J connectivity index is 0.0000000941. The highest BCUT2D eigenvalue weighted by molar-refractivity contribution is 6.13. The molecule has 0 aromatic carbocycles. The summed E-state index contributed by atoms with van der Waals surface area (Å²) in [4.78, 5) is 0. The molecule has 8 aliphatic heterocycles. The highest BCUT2D eigenvalue weighted by Gasteiger charge is 2.63. The maximum Gasteiger partial charge on any atom is 0.104 e. The van der Waals surface area contributed by atoms with Crippen LogP contribution in [0.15, 0.2) is 0 Å². The molecule has 34 atom stereocenters. The average Bonchev–Trinajstić information content (AvgIpc) is 1.57. The van der Waals surface area contributed by atoms with Gasteiger partial charge in [-0.25, -0.2) is 0 Å². The van der Waals surface area contributed by atoms with Gasteiger partial charge in [0.1, 0.15) is 18.3 Å². The molecule has 0 aromatic rings. The molecule has 95 heavy (non-hydrogen) atoms. The molecule has 0 amide bonds. The van der Waals surface area contributed by atoms with Crippen molar-refractivity contribution in [2.45, 2.75) is 279 Å². The van der Waals surface area contributed by atoms with Crippen molar-refractivity contribution in [2.24, 2.45) is 94.7 Å². The van der Waals surface area contributed by atoms with Gasteiger partial charge < -0.3 is 61.6 Å². The standard InChI is InChI=1S/4C11H20O2Si.C9H16OSi.C8H16OSi.C7H12OSi.C6H14O2Si/c14-11-3-7-1-8(11)2-9(7)4-12-5-10-6-13-10;14-11-3-7-1-8(10(11)2-7)4-12-5-9-6-13-9;14-11-5-7-3-8(11)4-10(7)12-2-1-9-6-13-9;14-11-5-7-3-9(11)10(4-7)12-2-1-8-6-13-8;11-2-1-5-3-6-4-7(5)9-8(6)10-9;10-4-3-6-1-2-7-8(5-6)9-7;9-5-2-3-1-4(5)7-6(3)8-7;9-3-1-2-7-4-6-5-8-6/h4*7-11H,1-6H2,14H3;5-9H,1-4H2,11H3;6-8H,1-5H2,10H3;3-7H,1-2H2,9H3;6H,1-5H2,9H3. The lowest BCUT2D eigenvalue weighted by molar-refractivity contribution is 0.0131. The summed E-state index contributed by atoms with van der Waals surface area (Å²) in [5, 5.41) is 0. The highest BCUT2D eigenvalue weighted by Crippen LogP contribution is 2.62. The quantitative estimate of drug-likeness (QED) is 0.0748. The highest BCUT2D eigenvalue weighted by atomic mass is 28.2. The van der Waals surface area contributed by atoms with Gasteiger partial charge in [-0.05, 0) is 228 Å². The summed E-state index contributed by atoms with van der Waals surface area (Å²) < 4.78 is 70.9. The van der Waals surface area contributed by atoms with Gasteiger partial charge in [-0.1, -0.05) is 66.9 Å². The fourth-order valence-corrected chi connectivity index (χ4v) is 31.1. The van der Waals surface area contributed by atoms with Gasteiger partial charge in [-0.2, -0.15) is 0 Å². The van der Waals surface area contributed by atoms with Gasteiger partial charge in [0.25, 0.3) is 0 Å². The minimum Gasteiger partial charge on any atom is -0.379 e. The molecule has 0 aromatic heterocycles. The Morgan fingerprint density at radius 3 is 1.35 bits per heavy atom. The first-order chi connectivity index (χ1) is 46.4. The molecule has 0 N–H and O–H groups in total. The zero-order valence-electron chi connectivity index (χ0n) is 61.2. The zero-order valence-corrected chi connectivity index (χ0v) is 77.2. The van der Waals surface area contributed by atoms with E-state index in [1.165, 1.54) is 235 Å². The Morgan fingerprint density at radius 1 is 0.316 bits per heavy atom. The Labute approximate surface area is 599 Å². The van der Waals surface area contributed by atoms with Crippen LogP contribution in [0.3, 0.4) is 0 Å². The molecule has 13 aliphatic carbocycles. The van der Waals surface area contributed by atoms with Crippen molar-refractivity contribution in [3.63, 3.8) is 0 Å². The molecule has 21 fully saturated rings. The monoisotopic (exact) mass is 1460 g/mol. The van der Waals surface area contributed by atoms with Crippen LogP contribution in [0.5, 0.6) is 0 Å². The second-order valence-corrected chi connectivity index (χ2v) is 46.6. The topological polar surface area (TPSA) is 146 Å². The third-order valence-electron chi connectivity index (χ3n) is 28.8. The van der Waals surface area contributed by atoms with Crippen LogP contribution in [0.2, 0.25) is 45.8 Å². The van der Waals surface area contributed by atoms with Crippen LogP contribution in [-0.4, -0.2) is 247 Å². The van der Waals surface area contributed by atoms with Crippen LogP contribution in [0, 0.1) is 94.7 Å². The van der Waals surface area contributed by atoms with Gasteiger partial charge in [0.15, 0.2) is 0 Å². The van der Waals surface area contributed by atoms with Crippen LogP contribution in [0.25, 0.3) is 0 Å². The molecule has 21 heteroatoms. The molecule has 8 saturated heterocycles. The Morgan fingerprint density at radius 2 is 0.853 bits per heavy atom. The van der Waals surface area contributed by atoms with E-state index < -0.39 is 0 Å². The van der Waals surface area contributed by atoms with Crippen molar-refractivity contribution >= 4 is 81.9 Å². The van der Waals surface area contributed by atoms with Gasteiger partial charge in [0.05, 0.1) is 114 Å². The second-order valence-electron chi connectivity index (χ2n) is 36.2. The summed E-state index contributed by atoms with van der Waals surface area (Å²) in [6.45, 7) is 12.1. The number of ether oxygens (including phenoxy) is 13. The zero-order chi connectivity index (χ0) is 65.1. The first-order valence-corrected chi connectivity index (χ1v) is 51.4. The Hall–Kier alpha value is 1.22. The van der Waals surface area contributed by atoms with Crippen molar-refractivity contribution in [3.05, 3.63) is 0 Å². The number of fused-ring (bicyclic) bond motifs is 19. The largest absolute Gasteiger partial charge is 0.379 e. The predicted octanol–water partition coefficient (Wildman–Crippen LogP) is 3.53. The van der Waals surface area contributed by atoms with E-state index in [-0.39, 0.29) is 0 Å². The van der Waals surface area contributed by atoms with Gasteiger partial charge in [0, 0.05) is 115 Å². The SMILES string of the molecule is [SiH3]C1CC2CC(COCC3CO3)C1C2.[SiH3]C1CC2CC(OCCC3CO3)C1C2.[SiH3]C1CC2CC1C1OC21.[SiH3]C1CC2CC1CC2COCC1CO1.[SiH3]C1CC2CC1CC2OCCC1CO1.[SiH3]CCC1CC2CC1C1OC21.[SiH3]CCC1CCC2OC2C1.[SiH3]CCCOCC1CO1. The molecule has 0 spiro atoms. The molecule has 13 saturated carbocycles. The van der Waals surface area contributed by atoms with Crippen molar-refractivity contribution in [3.8, 4) is 0 Å². The maximum atomic E-state index is 6.00. The minimum atomic E-state index is 0.444. The Bertz CT molecular complexity index is 2230. The number of hydrogen-bond donors (Lipinski definition) is 0. The van der Waals surface area contributed by atoms with Crippen LogP contribution in [0.4, 0.5) is 0 Å². The van der Waals surface area contributed by atoms with E-state index in [1.807, 2.05) is 0 Å². The van der Waals surface area contributed by atoms with Gasteiger partial charge in [0.2, 0.25) is 0 Å². The number of rotatable bonds is 25. The molecule has 21 rings (SSSR count). The van der Waals surface area contributed by atoms with Crippen molar-refractivity contribution < 1.29 is 61.6 Å². The molecule has 12 bridgehead atoms. The summed E-state index contributed by atoms with van der Waals surface area (Å²) in [5.41, 5.74) is 5.49. The van der Waals surface area contributed by atoms with Gasteiger partial charge in [-0.3, -0.25) is 0 Å². The third kappa shape index (κ3) is 20.8. The third-order valence-corrected chi connectivity index (χ3v) is 37.4. The Kier molecular flexibility index (Phi) is 26.7. The molecule has 21 aliphatic rings. The maximum absolute atomic E-state index is 6.00. The molecule has 544 valence electrons. The molecule has 8 heterocycles. The first-order valence-electron chi connectivity index (χ1n) is 41.4. The van der Waals surface area contributed by atoms with E-state index in [4.69, 9.17) is 61.6 Å². The second kappa shape index (κ2) is 34.6. The summed E-state index contributed by atoms with van der Waals surface area (Å²) in [5.74, 6) is 16.0. The number of hydrogen-bond acceptors (Lipinski definition) is 13. The summed E-state index contributed by atoms with van der Waals surface area (Å²) in [6.07, 6.45) is 42.4. The van der Waals surface area contributed by atoms with Crippen LogP contribution < -0.4 is 0 Å². The van der Waals surface area contributed by atoms with Crippen LogP contribution in [-0.2, 0) is 61.6 Å². The van der Waals surface area contributed by atoms with E-state index in [0.29, 0.717) is 54.9 Å². The van der Waals surface area contributed by atoms with Gasteiger partial charge in [-0.15, -0.1) is 0 Å². The molecule has 0 radical (unpaired) electrons. The lowest BCUT2D eigenvalue weighted by Gasteiger charge is -2.27. The summed E-state index contributed by atoms with van der Waals surface area (Å²) in [6, 6.07) is 4.35. The van der Waals surface area contributed by atoms with E-state index in [2.05, 4.69) is 0 Å². The predicted molar refractivity (Wildman–Crippen MR) is 406 cm³/mol. The van der Waals surface area contributed by atoms with Crippen LogP contribution >= 0.6 is 0 Å². The van der Waals surface area contributed by atoms with E-state index >= 15 is 0 Å². The molecule has 13 nitrogen and oxygen atoms in total. The fourth-order valence-electron chi connectivity index (χ4n) is 22.8. The van der Waals surface area contributed by atoms with Gasteiger partial charge >= 0.3 is 0 Å². The van der Waals surface area contributed by atoms with E-state index in [0.717, 1.165) is 246 Å². The van der Waals surface area contributed by atoms with E-state index in [9.17, 15) is 0 Å². The van der Waals surface area contributed by atoms with E-state index in [1.54, 1.807) is 6.42 Å². The lowest BCUT2D eigenvalue weighted by Crippen LogP contribution is -2.25. The molecular weight excluding hydrogens is 1320 g/mol. The normalized spacial score (nSPS) is 49.9. The summed E-state index contributed by atoms with van der Waals surface area (Å²) in [7, 11) is 11.1. The smallest absolute Gasteiger partial charge is 0.104 e. The first kappa shape index (κ1) is 73.1. The molecular formula is C74H138O13Si8. The molecule has 34 unspecified atom stereocenters. The summed E-state index contributed by atoms with van der Waals surface area (Å²) >= 11 is 0. The van der Waals surface area contributed by atoms with Crippen molar-refractivity contribution in [1.82, 2.24) is 0 Å². The average molecular weight is 1460 g/mol.